The van der Waals surface area contributed by atoms with Gasteiger partial charge in [0.05, 0.1) is 37.1 Å². The molecule has 9 aliphatic rings. The van der Waals surface area contributed by atoms with Crippen molar-refractivity contribution in [2.75, 3.05) is 13.2 Å². The molecule has 11 unspecified atom stereocenters. The van der Waals surface area contributed by atoms with Crippen LogP contribution in [0.15, 0.2) is 0 Å². The Morgan fingerprint density at radius 3 is 2.45 bits per heavy atom. The number of alkyl halides is 1. The molecule has 186 valence electrons. The van der Waals surface area contributed by atoms with Gasteiger partial charge in [-0.2, -0.15) is 0 Å². The molecule has 1 N–H and O–H groups in total. The summed E-state index contributed by atoms with van der Waals surface area (Å²) in [5.41, 5.74) is -0.715. The van der Waals surface area contributed by atoms with Gasteiger partial charge in [0.1, 0.15) is 0 Å². The third-order valence-corrected chi connectivity index (χ3v) is 12.9. The summed E-state index contributed by atoms with van der Waals surface area (Å²) in [6.45, 7) is 5.42. The first kappa shape index (κ1) is 25.0. The Bertz CT molecular complexity index is 865. The maximum atomic E-state index is 12.0. The number of hydrogen-bond acceptors (Lipinski definition) is 6. The van der Waals surface area contributed by atoms with Crippen LogP contribution in [0.4, 0.5) is 0 Å². The van der Waals surface area contributed by atoms with E-state index in [0.29, 0.717) is 31.0 Å². The van der Waals surface area contributed by atoms with Crippen LogP contribution < -0.4 is 0 Å². The van der Waals surface area contributed by atoms with E-state index in [-0.39, 0.29) is 64.3 Å². The summed E-state index contributed by atoms with van der Waals surface area (Å²) < 4.78 is 31.6. The normalized spacial score (nSPS) is 62.7. The number of fused-ring (bicyclic) bond motifs is 3. The average Bonchev–Trinajstić information content (AvgIpc) is 3.07. The first-order chi connectivity index (χ1) is 15.8. The minimum absolute atomic E-state index is 0.0873. The molecule has 4 heterocycles. The molecular weight excluding hydrogens is 856 g/mol. The summed E-state index contributed by atoms with van der Waals surface area (Å²) in [6, 6.07) is 0. The van der Waals surface area contributed by atoms with E-state index in [1.807, 2.05) is 0 Å². The standard InChI is InChI=1S/C23H31BrO6.2HI.Sm/c1-11-14-9-20-5-3-13-12-4-6-21(26-7-8-27-21)19(12,2)10-15(25)22(13)17(24)23(20,22)16(11)29-18(28-14)30-20;;;/h11-18,25H,3-10H2,1-2H3;2*1H;/q;;;+2/p-2/t11?,12?,13?,14?,15?,16?,17-,18?,19?,20?,22?,23?;;;/m1.../s1. The van der Waals surface area contributed by atoms with Crippen molar-refractivity contribution in [2.45, 2.75) is 93.4 Å². The van der Waals surface area contributed by atoms with E-state index in [1.165, 1.54) is 0 Å². The van der Waals surface area contributed by atoms with Crippen LogP contribution in [0.5, 0.6) is 0 Å². The molecular formula is C23H31BrI2O6Sm. The molecule has 9 rings (SSSR count). The molecule has 0 aromatic heterocycles. The van der Waals surface area contributed by atoms with Crippen LogP contribution in [-0.4, -0.2) is 59.3 Å². The van der Waals surface area contributed by atoms with Gasteiger partial charge in [-0.25, -0.2) is 0 Å². The molecule has 12 atom stereocenters. The molecule has 0 aromatic carbocycles. The van der Waals surface area contributed by atoms with E-state index in [0.717, 1.165) is 38.5 Å². The second-order valence-electron chi connectivity index (χ2n) is 11.8. The molecule has 0 radical (unpaired) electrons. The van der Waals surface area contributed by atoms with Crippen LogP contribution >= 0.6 is 44.5 Å². The molecule has 4 bridgehead atoms. The SMILES string of the molecule is CC1C2CC34CCC5C6CCC7(OCCO7)C6(C)CC(O)C56[C@@H](Br)C36C1OC(O2)O4.[I][Sm][I]. The van der Waals surface area contributed by atoms with Crippen molar-refractivity contribution in [3.8, 4) is 0 Å². The summed E-state index contributed by atoms with van der Waals surface area (Å²) in [4.78, 5) is 0.221. The Kier molecular flexibility index (Phi) is 6.10. The first-order valence-electron chi connectivity index (χ1n) is 12.3. The van der Waals surface area contributed by atoms with E-state index < -0.39 is 18.4 Å². The molecule has 4 spiro atoms. The van der Waals surface area contributed by atoms with Crippen molar-refractivity contribution < 1.29 is 54.2 Å². The molecule has 9 fully saturated rings. The van der Waals surface area contributed by atoms with Crippen LogP contribution in [0.3, 0.4) is 0 Å². The number of rotatable bonds is 0. The molecule has 6 nitrogen and oxygen atoms in total. The molecule has 10 heteroatoms. The van der Waals surface area contributed by atoms with E-state index >= 15 is 0 Å². The van der Waals surface area contributed by atoms with E-state index in [1.54, 1.807) is 0 Å². The van der Waals surface area contributed by atoms with Gasteiger partial charge in [-0.3, -0.25) is 0 Å². The summed E-state index contributed by atoms with van der Waals surface area (Å²) in [6.07, 6.45) is 5.76. The summed E-state index contributed by atoms with van der Waals surface area (Å²) in [5.74, 6) is 0.761. The van der Waals surface area contributed by atoms with Gasteiger partial charge < -0.3 is 28.8 Å². The van der Waals surface area contributed by atoms with Gasteiger partial charge in [0.2, 0.25) is 0 Å². The monoisotopic (exact) mass is 888 g/mol. The van der Waals surface area contributed by atoms with Crippen molar-refractivity contribution in [3.63, 3.8) is 0 Å². The predicted molar refractivity (Wildman–Crippen MR) is 136 cm³/mol. The Morgan fingerprint density at radius 2 is 1.73 bits per heavy atom. The number of aliphatic hydroxyl groups is 1. The van der Waals surface area contributed by atoms with E-state index in [9.17, 15) is 5.11 Å². The van der Waals surface area contributed by atoms with E-state index in [4.69, 9.17) is 23.7 Å². The third kappa shape index (κ3) is 2.65. The average molecular weight is 888 g/mol. The zero-order chi connectivity index (χ0) is 23.0. The zero-order valence-electron chi connectivity index (χ0n) is 18.8. The molecule has 33 heavy (non-hydrogen) atoms. The summed E-state index contributed by atoms with van der Waals surface area (Å²) in [7, 11) is 0. The van der Waals surface area contributed by atoms with Gasteiger partial charge in [0.15, 0.2) is 5.79 Å². The van der Waals surface area contributed by atoms with Gasteiger partial charge in [0.25, 0.3) is 6.48 Å². The number of aliphatic hydroxyl groups excluding tert-OH is 1. The number of hydrogen-bond donors (Lipinski definition) is 1. The molecule has 4 saturated heterocycles. The van der Waals surface area contributed by atoms with Crippen LogP contribution in [-0.2, 0) is 23.7 Å². The summed E-state index contributed by atoms with van der Waals surface area (Å²) in [5, 5.41) is 12.0. The molecule has 0 aromatic rings. The molecule has 0 amide bonds. The van der Waals surface area contributed by atoms with Gasteiger partial charge in [-0.05, 0) is 37.5 Å². The van der Waals surface area contributed by atoms with Crippen LogP contribution in [0.1, 0.15) is 52.4 Å². The number of ether oxygens (including phenoxy) is 5. The summed E-state index contributed by atoms with van der Waals surface area (Å²) >= 11 is 9.23. The fourth-order valence-electron chi connectivity index (χ4n) is 10.5. The fraction of sp³-hybridized carbons (Fsp3) is 1.00. The van der Waals surface area contributed by atoms with Crippen molar-refractivity contribution in [2.24, 2.45) is 34.0 Å². The maximum absolute atomic E-state index is 12.0. The van der Waals surface area contributed by atoms with Gasteiger partial charge in [0, 0.05) is 39.8 Å². The van der Waals surface area contributed by atoms with Crippen LogP contribution in [0.2, 0.25) is 0 Å². The topological polar surface area (TPSA) is 66.4 Å². The van der Waals surface area contributed by atoms with E-state index in [2.05, 4.69) is 58.4 Å². The van der Waals surface area contributed by atoms with Crippen molar-refractivity contribution in [1.29, 1.82) is 0 Å². The Morgan fingerprint density at radius 1 is 1.03 bits per heavy atom. The quantitative estimate of drug-likeness (QED) is 0.281. The number of halogens is 3. The Labute approximate surface area is 236 Å². The Hall–Kier alpha value is 3.04. The van der Waals surface area contributed by atoms with Gasteiger partial charge >= 0.3 is 54.0 Å². The fourth-order valence-corrected chi connectivity index (χ4v) is 12.5. The predicted octanol–water partition coefficient (Wildman–Crippen LogP) is 4.72. The van der Waals surface area contributed by atoms with Crippen molar-refractivity contribution in [3.05, 3.63) is 0 Å². The van der Waals surface area contributed by atoms with Crippen molar-refractivity contribution >= 4 is 44.5 Å². The minimum atomic E-state index is -0.523. The van der Waals surface area contributed by atoms with Crippen LogP contribution in [0.25, 0.3) is 0 Å². The van der Waals surface area contributed by atoms with Crippen LogP contribution in [0, 0.1) is 59.5 Å². The van der Waals surface area contributed by atoms with Crippen molar-refractivity contribution in [1.82, 2.24) is 0 Å². The molecule has 5 saturated carbocycles. The molecule has 5 aliphatic carbocycles. The second-order valence-corrected chi connectivity index (χ2v) is 32.1. The first-order valence-corrected chi connectivity index (χ1v) is 28.2. The molecule has 4 aliphatic heterocycles. The third-order valence-electron chi connectivity index (χ3n) is 11.5. The Balaban J connectivity index is 0.000000604. The zero-order valence-corrected chi connectivity index (χ0v) is 27.3. The second kappa shape index (κ2) is 8.04. The van der Waals surface area contributed by atoms with Gasteiger partial charge in [-0.15, -0.1) is 0 Å². The van der Waals surface area contributed by atoms with Gasteiger partial charge in [-0.1, -0.05) is 29.8 Å².